The van der Waals surface area contributed by atoms with Crippen molar-refractivity contribution < 1.29 is 19.8 Å². The number of phenolic OH excluding ortho intramolecular Hbond substituents is 1. The van der Waals surface area contributed by atoms with Crippen molar-refractivity contribution in [2.24, 2.45) is 0 Å². The monoisotopic (exact) mass is 310 g/mol. The van der Waals surface area contributed by atoms with Crippen LogP contribution in [-0.2, 0) is 11.2 Å². The van der Waals surface area contributed by atoms with Gasteiger partial charge in [-0.25, -0.2) is 0 Å². The standard InChI is InChI=1S/C19H18O4/c20-17-9-13-7-4-8-14(10-18(21)22)15(13)11-16(17)19(23)12-5-2-1-3-6-12/h1-3,5-6,9,11,14,20H,4,7-8,10H2,(H,21,22). The first-order valence-electron chi connectivity index (χ1n) is 7.73. The third kappa shape index (κ3) is 3.11. The van der Waals surface area contributed by atoms with Gasteiger partial charge < -0.3 is 10.2 Å². The number of benzene rings is 2. The summed E-state index contributed by atoms with van der Waals surface area (Å²) in [6.07, 6.45) is 2.55. The Labute approximate surface area is 134 Å². The fourth-order valence-electron chi connectivity index (χ4n) is 3.29. The van der Waals surface area contributed by atoms with Crippen LogP contribution in [0.25, 0.3) is 0 Å². The minimum atomic E-state index is -0.841. The van der Waals surface area contributed by atoms with Gasteiger partial charge in [0.05, 0.1) is 12.0 Å². The summed E-state index contributed by atoms with van der Waals surface area (Å²) in [6, 6.07) is 12.1. The Bertz CT molecular complexity index is 749. The summed E-state index contributed by atoms with van der Waals surface area (Å²) < 4.78 is 0. The van der Waals surface area contributed by atoms with E-state index in [-0.39, 0.29) is 29.4 Å². The molecule has 1 unspecified atom stereocenters. The maximum absolute atomic E-state index is 12.6. The number of carboxylic acids is 1. The highest BCUT2D eigenvalue weighted by atomic mass is 16.4. The lowest BCUT2D eigenvalue weighted by molar-refractivity contribution is -0.137. The molecule has 0 amide bonds. The molecule has 0 fully saturated rings. The number of aryl methyl sites for hydroxylation is 1. The van der Waals surface area contributed by atoms with E-state index < -0.39 is 5.97 Å². The SMILES string of the molecule is O=C(O)CC1CCCc2cc(O)c(C(=O)c3ccccc3)cc21. The molecule has 0 aromatic heterocycles. The first kappa shape index (κ1) is 15.3. The molecule has 1 aliphatic carbocycles. The molecule has 0 aliphatic heterocycles. The van der Waals surface area contributed by atoms with Crippen LogP contribution in [0.2, 0.25) is 0 Å². The molecule has 2 aromatic carbocycles. The highest BCUT2D eigenvalue weighted by molar-refractivity contribution is 6.10. The first-order chi connectivity index (χ1) is 11.1. The van der Waals surface area contributed by atoms with Crippen molar-refractivity contribution in [2.75, 3.05) is 0 Å². The van der Waals surface area contributed by atoms with Gasteiger partial charge in [-0.05, 0) is 48.4 Å². The van der Waals surface area contributed by atoms with Crippen molar-refractivity contribution in [3.63, 3.8) is 0 Å². The second-order valence-electron chi connectivity index (χ2n) is 5.95. The van der Waals surface area contributed by atoms with Crippen LogP contribution in [0.5, 0.6) is 5.75 Å². The van der Waals surface area contributed by atoms with Crippen LogP contribution in [-0.4, -0.2) is 22.0 Å². The van der Waals surface area contributed by atoms with E-state index in [2.05, 4.69) is 0 Å². The molecular weight excluding hydrogens is 292 g/mol. The van der Waals surface area contributed by atoms with Crippen LogP contribution in [0.4, 0.5) is 0 Å². The quantitative estimate of drug-likeness (QED) is 0.847. The molecule has 4 heteroatoms. The zero-order valence-corrected chi connectivity index (χ0v) is 12.7. The van der Waals surface area contributed by atoms with E-state index in [1.165, 1.54) is 0 Å². The van der Waals surface area contributed by atoms with Gasteiger partial charge in [0.25, 0.3) is 0 Å². The molecule has 2 aromatic rings. The summed E-state index contributed by atoms with van der Waals surface area (Å²) in [7, 11) is 0. The maximum atomic E-state index is 12.6. The molecule has 0 saturated carbocycles. The number of hydrogen-bond acceptors (Lipinski definition) is 3. The minimum absolute atomic E-state index is 0.0337. The second-order valence-corrected chi connectivity index (χ2v) is 5.95. The normalized spacial score (nSPS) is 16.6. The molecule has 0 radical (unpaired) electrons. The van der Waals surface area contributed by atoms with Gasteiger partial charge in [-0.2, -0.15) is 0 Å². The van der Waals surface area contributed by atoms with Gasteiger partial charge in [0.1, 0.15) is 5.75 Å². The van der Waals surface area contributed by atoms with E-state index in [0.29, 0.717) is 5.56 Å². The number of hydrogen-bond donors (Lipinski definition) is 2. The van der Waals surface area contributed by atoms with E-state index in [4.69, 9.17) is 5.11 Å². The van der Waals surface area contributed by atoms with Crippen LogP contribution in [0.3, 0.4) is 0 Å². The zero-order valence-electron chi connectivity index (χ0n) is 12.7. The van der Waals surface area contributed by atoms with Gasteiger partial charge in [0.2, 0.25) is 0 Å². The molecular formula is C19H18O4. The summed E-state index contributed by atoms with van der Waals surface area (Å²) in [5.74, 6) is -1.22. The third-order valence-corrected chi connectivity index (χ3v) is 4.40. The highest BCUT2D eigenvalue weighted by Crippen LogP contribution is 2.37. The number of carbonyl (C=O) groups is 2. The van der Waals surface area contributed by atoms with Crippen molar-refractivity contribution in [3.8, 4) is 5.75 Å². The maximum Gasteiger partial charge on any atom is 0.303 e. The number of carboxylic acid groups (broad SMARTS) is 1. The van der Waals surface area contributed by atoms with Crippen molar-refractivity contribution in [3.05, 3.63) is 64.7 Å². The van der Waals surface area contributed by atoms with E-state index in [1.807, 2.05) is 6.07 Å². The molecule has 23 heavy (non-hydrogen) atoms. The van der Waals surface area contributed by atoms with Crippen LogP contribution >= 0.6 is 0 Å². The molecule has 0 bridgehead atoms. The van der Waals surface area contributed by atoms with Crippen LogP contribution in [0.15, 0.2) is 42.5 Å². The van der Waals surface area contributed by atoms with E-state index in [9.17, 15) is 14.7 Å². The Kier molecular flexibility index (Phi) is 4.15. The van der Waals surface area contributed by atoms with Crippen molar-refractivity contribution in [2.45, 2.75) is 31.6 Å². The Hall–Kier alpha value is -2.62. The summed E-state index contributed by atoms with van der Waals surface area (Å²) in [6.45, 7) is 0. The van der Waals surface area contributed by atoms with E-state index in [0.717, 1.165) is 30.4 Å². The lowest BCUT2D eigenvalue weighted by Crippen LogP contribution is -2.15. The Morgan fingerprint density at radius 3 is 2.57 bits per heavy atom. The van der Waals surface area contributed by atoms with Gasteiger partial charge >= 0.3 is 5.97 Å². The fourth-order valence-corrected chi connectivity index (χ4v) is 3.29. The average molecular weight is 310 g/mol. The number of carbonyl (C=O) groups excluding carboxylic acids is 1. The van der Waals surface area contributed by atoms with Crippen LogP contribution < -0.4 is 0 Å². The number of phenols is 1. The Morgan fingerprint density at radius 2 is 1.87 bits per heavy atom. The van der Waals surface area contributed by atoms with Crippen LogP contribution in [0.1, 0.15) is 52.2 Å². The highest BCUT2D eigenvalue weighted by Gasteiger charge is 2.26. The average Bonchev–Trinajstić information content (AvgIpc) is 2.54. The summed E-state index contributed by atoms with van der Waals surface area (Å²) in [5, 5.41) is 19.3. The van der Waals surface area contributed by atoms with Crippen molar-refractivity contribution >= 4 is 11.8 Å². The van der Waals surface area contributed by atoms with E-state index >= 15 is 0 Å². The summed E-state index contributed by atoms with van der Waals surface area (Å²) >= 11 is 0. The summed E-state index contributed by atoms with van der Waals surface area (Å²) in [5.41, 5.74) is 2.58. The Morgan fingerprint density at radius 1 is 1.13 bits per heavy atom. The molecule has 118 valence electrons. The fraction of sp³-hybridized carbons (Fsp3) is 0.263. The first-order valence-corrected chi connectivity index (χ1v) is 7.73. The van der Waals surface area contributed by atoms with E-state index in [1.54, 1.807) is 36.4 Å². The lowest BCUT2D eigenvalue weighted by atomic mass is 9.79. The van der Waals surface area contributed by atoms with Gasteiger partial charge in [-0.15, -0.1) is 0 Å². The minimum Gasteiger partial charge on any atom is -0.507 e. The zero-order chi connectivity index (χ0) is 16.4. The van der Waals surface area contributed by atoms with Crippen molar-refractivity contribution in [1.82, 2.24) is 0 Å². The number of rotatable bonds is 4. The van der Waals surface area contributed by atoms with Crippen LogP contribution in [0, 0.1) is 0 Å². The number of fused-ring (bicyclic) bond motifs is 1. The van der Waals surface area contributed by atoms with Gasteiger partial charge in [0, 0.05) is 5.56 Å². The topological polar surface area (TPSA) is 74.6 Å². The van der Waals surface area contributed by atoms with Gasteiger partial charge in [-0.3, -0.25) is 9.59 Å². The Balaban J connectivity index is 2.02. The number of aliphatic carboxylic acids is 1. The molecule has 3 rings (SSSR count). The molecule has 0 saturated heterocycles. The molecule has 0 spiro atoms. The summed E-state index contributed by atoms with van der Waals surface area (Å²) in [4.78, 5) is 23.7. The predicted octanol–water partition coefficient (Wildman–Crippen LogP) is 3.52. The molecule has 4 nitrogen and oxygen atoms in total. The predicted molar refractivity (Wildman–Crippen MR) is 85.9 cm³/mol. The number of ketones is 1. The molecule has 0 heterocycles. The van der Waals surface area contributed by atoms with Gasteiger partial charge in [-0.1, -0.05) is 30.3 Å². The third-order valence-electron chi connectivity index (χ3n) is 4.40. The molecule has 2 N–H and O–H groups in total. The smallest absolute Gasteiger partial charge is 0.303 e. The molecule has 1 aliphatic rings. The molecule has 1 atom stereocenters. The van der Waals surface area contributed by atoms with Crippen molar-refractivity contribution in [1.29, 1.82) is 0 Å². The second kappa shape index (κ2) is 6.24. The number of aromatic hydroxyl groups is 1. The largest absolute Gasteiger partial charge is 0.507 e. The van der Waals surface area contributed by atoms with Gasteiger partial charge in [0.15, 0.2) is 5.78 Å². The lowest BCUT2D eigenvalue weighted by Gasteiger charge is -2.25.